The maximum Gasteiger partial charge on any atom is 0.319 e. The van der Waals surface area contributed by atoms with Crippen LogP contribution in [0.1, 0.15) is 13.8 Å². The largest absolute Gasteiger partial charge is 0.423 e. The number of oxazole rings is 1. The van der Waals surface area contributed by atoms with Crippen LogP contribution in [0.25, 0.3) is 11.1 Å². The van der Waals surface area contributed by atoms with Crippen molar-refractivity contribution in [3.63, 3.8) is 0 Å². The molecule has 1 atom stereocenters. The van der Waals surface area contributed by atoms with E-state index >= 15 is 0 Å². The Kier molecular flexibility index (Phi) is 4.87. The monoisotopic (exact) mass is 306 g/mol. The van der Waals surface area contributed by atoms with Gasteiger partial charge >= 0.3 is 6.03 Å². The summed E-state index contributed by atoms with van der Waals surface area (Å²) in [7, 11) is 3.69. The Labute approximate surface area is 129 Å². The Balaban J connectivity index is 2.00. The van der Waals surface area contributed by atoms with Crippen LogP contribution in [0.3, 0.4) is 0 Å². The van der Waals surface area contributed by atoms with Gasteiger partial charge in [0.15, 0.2) is 5.58 Å². The second kappa shape index (κ2) is 6.65. The lowest BCUT2D eigenvalue weighted by Gasteiger charge is -2.15. The minimum Gasteiger partial charge on any atom is -0.423 e. The van der Waals surface area contributed by atoms with Crippen molar-refractivity contribution in [3.8, 4) is 0 Å². The van der Waals surface area contributed by atoms with E-state index in [1.54, 1.807) is 23.1 Å². The van der Waals surface area contributed by atoms with Gasteiger partial charge in [-0.25, -0.2) is 4.79 Å². The molecule has 2 rings (SSSR count). The smallest absolute Gasteiger partial charge is 0.319 e. The van der Waals surface area contributed by atoms with E-state index in [0.717, 1.165) is 5.52 Å². The van der Waals surface area contributed by atoms with Gasteiger partial charge in [0.2, 0.25) is 0 Å². The highest BCUT2D eigenvalue weighted by molar-refractivity contribution is 5.91. The molecule has 1 heterocycles. The summed E-state index contributed by atoms with van der Waals surface area (Å²) in [5.41, 5.74) is 1.93. The first kappa shape index (κ1) is 16.1. The average Bonchev–Trinajstić information content (AvgIpc) is 2.88. The zero-order valence-corrected chi connectivity index (χ0v) is 13.3. The Morgan fingerprint density at radius 2 is 2.14 bits per heavy atom. The number of urea groups is 1. The van der Waals surface area contributed by atoms with Gasteiger partial charge in [0.05, 0.1) is 6.10 Å². The summed E-state index contributed by atoms with van der Waals surface area (Å²) >= 11 is 0. The number of carbonyl (C=O) groups excluding carboxylic acids is 1. The molecule has 0 spiro atoms. The lowest BCUT2D eigenvalue weighted by molar-refractivity contribution is 0.126. The number of anilines is 2. The third kappa shape index (κ3) is 3.88. The van der Waals surface area contributed by atoms with Gasteiger partial charge in [-0.1, -0.05) is 13.8 Å². The van der Waals surface area contributed by atoms with E-state index in [9.17, 15) is 9.90 Å². The number of amides is 2. The molecule has 1 aromatic carbocycles. The maximum absolute atomic E-state index is 11.8. The normalized spacial score (nSPS) is 12.5. The Morgan fingerprint density at radius 3 is 2.77 bits per heavy atom. The molecule has 3 N–H and O–H groups in total. The van der Waals surface area contributed by atoms with Crippen LogP contribution in [0.2, 0.25) is 0 Å². The fraction of sp³-hybridized carbons (Fsp3) is 0.467. The van der Waals surface area contributed by atoms with Crippen LogP contribution in [0.4, 0.5) is 16.5 Å². The zero-order chi connectivity index (χ0) is 16.3. The molecule has 0 aliphatic carbocycles. The van der Waals surface area contributed by atoms with Gasteiger partial charge < -0.3 is 25.1 Å². The number of hydrogen-bond acceptors (Lipinski definition) is 5. The summed E-state index contributed by atoms with van der Waals surface area (Å²) in [6.45, 7) is 3.99. The van der Waals surface area contributed by atoms with E-state index < -0.39 is 6.10 Å². The number of benzene rings is 1. The van der Waals surface area contributed by atoms with E-state index in [1.165, 1.54) is 0 Å². The van der Waals surface area contributed by atoms with Gasteiger partial charge in [-0.05, 0) is 18.1 Å². The molecule has 2 amide bonds. The molecule has 0 aliphatic heterocycles. The van der Waals surface area contributed by atoms with E-state index in [1.807, 2.05) is 27.9 Å². The summed E-state index contributed by atoms with van der Waals surface area (Å²) in [6.07, 6.45) is -0.565. The Morgan fingerprint density at radius 1 is 1.41 bits per heavy atom. The quantitative estimate of drug-likeness (QED) is 0.786. The number of aliphatic hydroxyl groups is 1. The number of nitrogens with zero attached hydrogens (tertiary/aromatic N) is 2. The van der Waals surface area contributed by atoms with Crippen molar-refractivity contribution in [1.29, 1.82) is 0 Å². The number of aliphatic hydroxyl groups excluding tert-OH is 1. The predicted molar refractivity (Wildman–Crippen MR) is 86.2 cm³/mol. The molecule has 7 heteroatoms. The minimum atomic E-state index is -0.565. The van der Waals surface area contributed by atoms with Crippen molar-refractivity contribution >= 4 is 28.8 Å². The summed E-state index contributed by atoms with van der Waals surface area (Å²) < 4.78 is 5.58. The number of nitrogens with one attached hydrogen (secondary N) is 2. The molecular formula is C15H22N4O3. The fourth-order valence-electron chi connectivity index (χ4n) is 1.79. The van der Waals surface area contributed by atoms with Crippen LogP contribution < -0.4 is 15.5 Å². The van der Waals surface area contributed by atoms with E-state index in [2.05, 4.69) is 15.6 Å². The number of rotatable bonds is 5. The van der Waals surface area contributed by atoms with Crippen molar-refractivity contribution in [3.05, 3.63) is 18.2 Å². The van der Waals surface area contributed by atoms with Crippen LogP contribution in [0, 0.1) is 5.92 Å². The highest BCUT2D eigenvalue weighted by Gasteiger charge is 2.12. The molecule has 2 aromatic rings. The second-order valence-corrected chi connectivity index (χ2v) is 5.72. The summed E-state index contributed by atoms with van der Waals surface area (Å²) in [6, 6.07) is 5.39. The van der Waals surface area contributed by atoms with Crippen LogP contribution in [0.5, 0.6) is 0 Å². The molecule has 7 nitrogen and oxygen atoms in total. The molecule has 0 radical (unpaired) electrons. The topological polar surface area (TPSA) is 90.6 Å². The van der Waals surface area contributed by atoms with Gasteiger partial charge in [-0.2, -0.15) is 4.98 Å². The van der Waals surface area contributed by atoms with E-state index in [4.69, 9.17) is 4.42 Å². The van der Waals surface area contributed by atoms with Crippen molar-refractivity contribution in [2.24, 2.45) is 5.92 Å². The van der Waals surface area contributed by atoms with Crippen molar-refractivity contribution in [2.75, 3.05) is 30.9 Å². The van der Waals surface area contributed by atoms with Crippen LogP contribution in [0.15, 0.2) is 22.6 Å². The second-order valence-electron chi connectivity index (χ2n) is 5.72. The summed E-state index contributed by atoms with van der Waals surface area (Å²) in [5.74, 6) is 0.0929. The van der Waals surface area contributed by atoms with Crippen LogP contribution >= 0.6 is 0 Å². The van der Waals surface area contributed by atoms with Crippen molar-refractivity contribution in [1.82, 2.24) is 10.3 Å². The molecule has 0 saturated heterocycles. The highest BCUT2D eigenvalue weighted by atomic mass is 16.4. The predicted octanol–water partition coefficient (Wildman–Crippen LogP) is 2.03. The van der Waals surface area contributed by atoms with Gasteiger partial charge in [0.1, 0.15) is 5.52 Å². The van der Waals surface area contributed by atoms with Gasteiger partial charge in [0, 0.05) is 32.4 Å². The Hall–Kier alpha value is -2.28. The highest BCUT2D eigenvalue weighted by Crippen LogP contribution is 2.23. The van der Waals surface area contributed by atoms with Gasteiger partial charge in [0.25, 0.3) is 6.01 Å². The molecule has 0 saturated carbocycles. The molecular weight excluding hydrogens is 284 g/mol. The van der Waals surface area contributed by atoms with Crippen molar-refractivity contribution < 1.29 is 14.3 Å². The van der Waals surface area contributed by atoms with E-state index in [-0.39, 0.29) is 18.5 Å². The van der Waals surface area contributed by atoms with Gasteiger partial charge in [-0.15, -0.1) is 0 Å². The standard InChI is InChI=1S/C15H22N4O3/c1-9(2)12(20)8-16-14(21)17-10-5-6-11-13(7-10)22-15(18-11)19(3)4/h5-7,9,12,20H,8H2,1-4H3,(H2,16,17,21). The third-order valence-electron chi connectivity index (χ3n) is 3.26. The van der Waals surface area contributed by atoms with Crippen LogP contribution in [-0.2, 0) is 0 Å². The molecule has 0 bridgehead atoms. The Bertz CT molecular complexity index is 651. The number of fused-ring (bicyclic) bond motifs is 1. The summed E-state index contributed by atoms with van der Waals surface area (Å²) in [4.78, 5) is 17.9. The number of hydrogen-bond donors (Lipinski definition) is 3. The SMILES string of the molecule is CC(C)C(O)CNC(=O)Nc1ccc2nc(N(C)C)oc2c1. The first-order valence-electron chi connectivity index (χ1n) is 7.17. The number of carbonyl (C=O) groups is 1. The average molecular weight is 306 g/mol. The lowest BCUT2D eigenvalue weighted by Crippen LogP contribution is -2.37. The molecule has 1 aromatic heterocycles. The van der Waals surface area contributed by atoms with Crippen molar-refractivity contribution in [2.45, 2.75) is 20.0 Å². The molecule has 0 fully saturated rings. The number of aromatic nitrogens is 1. The summed E-state index contributed by atoms with van der Waals surface area (Å²) in [5, 5.41) is 15.0. The molecule has 22 heavy (non-hydrogen) atoms. The molecule has 120 valence electrons. The molecule has 0 aliphatic rings. The van der Waals surface area contributed by atoms with Gasteiger partial charge in [-0.3, -0.25) is 0 Å². The molecule has 1 unspecified atom stereocenters. The van der Waals surface area contributed by atoms with Crippen LogP contribution in [-0.4, -0.2) is 42.9 Å². The lowest BCUT2D eigenvalue weighted by atomic mass is 10.1. The maximum atomic E-state index is 11.8. The minimum absolute atomic E-state index is 0.0929. The first-order chi connectivity index (χ1) is 10.4. The zero-order valence-electron chi connectivity index (χ0n) is 13.3. The van der Waals surface area contributed by atoms with E-state index in [0.29, 0.717) is 17.3 Å². The third-order valence-corrected chi connectivity index (χ3v) is 3.26. The fourth-order valence-corrected chi connectivity index (χ4v) is 1.79. The first-order valence-corrected chi connectivity index (χ1v) is 7.17.